The van der Waals surface area contributed by atoms with Crippen molar-refractivity contribution in [1.82, 2.24) is 4.90 Å². The summed E-state index contributed by atoms with van der Waals surface area (Å²) in [6.07, 6.45) is 4.50. The van der Waals surface area contributed by atoms with E-state index in [1.54, 1.807) is 6.08 Å². The summed E-state index contributed by atoms with van der Waals surface area (Å²) in [5.74, 6) is 1.36. The Hall–Kier alpha value is -1.18. The van der Waals surface area contributed by atoms with Gasteiger partial charge in [-0.3, -0.25) is 0 Å². The first-order chi connectivity index (χ1) is 5.56. The Morgan fingerprint density at radius 1 is 1.42 bits per heavy atom. The van der Waals surface area contributed by atoms with Crippen molar-refractivity contribution in [3.63, 3.8) is 0 Å². The highest BCUT2D eigenvalue weighted by Crippen LogP contribution is 2.06. The van der Waals surface area contributed by atoms with Gasteiger partial charge in [-0.15, -0.1) is 0 Å². The van der Waals surface area contributed by atoms with Crippen LogP contribution in [-0.4, -0.2) is 19.0 Å². The molecule has 0 atom stereocenters. The van der Waals surface area contributed by atoms with Crippen molar-refractivity contribution in [2.45, 2.75) is 13.3 Å². The third kappa shape index (κ3) is 5.59. The van der Waals surface area contributed by atoms with Crippen molar-refractivity contribution >= 4 is 0 Å². The molecule has 0 fully saturated rings. The molecule has 0 unspecified atom stereocenters. The van der Waals surface area contributed by atoms with E-state index in [2.05, 4.69) is 13.2 Å². The fraction of sp³-hybridized carbons (Fsp3) is 0.400. The molecule has 0 aliphatic carbocycles. The van der Waals surface area contributed by atoms with Crippen LogP contribution in [0.15, 0.2) is 37.0 Å². The van der Waals surface area contributed by atoms with Gasteiger partial charge in [0.25, 0.3) is 0 Å². The van der Waals surface area contributed by atoms with Gasteiger partial charge in [0.05, 0.1) is 5.76 Å². The van der Waals surface area contributed by atoms with Crippen molar-refractivity contribution in [1.29, 1.82) is 0 Å². The van der Waals surface area contributed by atoms with Gasteiger partial charge >= 0.3 is 0 Å². The first-order valence-corrected chi connectivity index (χ1v) is 3.95. The minimum absolute atomic E-state index is 0.621. The third-order valence-electron chi connectivity index (χ3n) is 1.23. The molecule has 0 N–H and O–H groups in total. The predicted molar refractivity (Wildman–Crippen MR) is 52.5 cm³/mol. The number of ether oxygens (including phenoxy) is 1. The molecule has 2 heteroatoms. The second-order valence-corrected chi connectivity index (χ2v) is 2.74. The monoisotopic (exact) mass is 167 g/mol. The van der Waals surface area contributed by atoms with Crippen molar-refractivity contribution in [2.24, 2.45) is 0 Å². The lowest BCUT2D eigenvalue weighted by Crippen LogP contribution is -2.00. The van der Waals surface area contributed by atoms with Crippen LogP contribution in [0.3, 0.4) is 0 Å². The van der Waals surface area contributed by atoms with Crippen LogP contribution < -0.4 is 0 Å². The van der Waals surface area contributed by atoms with Gasteiger partial charge in [-0.05, 0) is 6.08 Å². The van der Waals surface area contributed by atoms with E-state index in [0.717, 1.165) is 12.2 Å². The fourth-order valence-electron chi connectivity index (χ4n) is 0.524. The average Bonchev–Trinajstić information content (AvgIpc) is 2.00. The van der Waals surface area contributed by atoms with Crippen LogP contribution in [0.2, 0.25) is 0 Å². The maximum absolute atomic E-state index is 5.25. The molecule has 0 spiro atoms. The lowest BCUT2D eigenvalue weighted by molar-refractivity contribution is 0.311. The van der Waals surface area contributed by atoms with Crippen LogP contribution in [0.5, 0.6) is 0 Å². The zero-order chi connectivity index (χ0) is 9.56. The van der Waals surface area contributed by atoms with Gasteiger partial charge in [-0.2, -0.15) is 0 Å². The molecule has 12 heavy (non-hydrogen) atoms. The minimum Gasteiger partial charge on any atom is -0.463 e. The summed E-state index contributed by atoms with van der Waals surface area (Å²) in [5.41, 5.74) is 0. The van der Waals surface area contributed by atoms with Crippen LogP contribution >= 0.6 is 0 Å². The highest BCUT2D eigenvalue weighted by Gasteiger charge is 1.91. The highest BCUT2D eigenvalue weighted by molar-refractivity contribution is 5.09. The molecule has 0 rings (SSSR count). The number of rotatable bonds is 5. The number of hydrogen-bond donors (Lipinski definition) is 0. The Balaban J connectivity index is 3.82. The predicted octanol–water partition coefficient (Wildman–Crippen LogP) is 2.52. The maximum Gasteiger partial charge on any atom is 0.121 e. The van der Waals surface area contributed by atoms with E-state index in [4.69, 9.17) is 4.74 Å². The molecule has 2 nitrogen and oxygen atoms in total. The van der Waals surface area contributed by atoms with Gasteiger partial charge in [0, 0.05) is 26.7 Å². The van der Waals surface area contributed by atoms with Gasteiger partial charge in [0.1, 0.15) is 5.76 Å². The molecule has 0 saturated carbocycles. The molecule has 0 aromatic heterocycles. The minimum atomic E-state index is 0.621. The van der Waals surface area contributed by atoms with Crippen molar-refractivity contribution < 1.29 is 4.74 Å². The standard InChI is InChI=1S/C10H17NO/c1-6-9(2)12-10(3)7-8-11(4)5/h7-8H,2-3,6H2,1,4-5H3/b8-7-. The topological polar surface area (TPSA) is 12.5 Å². The van der Waals surface area contributed by atoms with Crippen molar-refractivity contribution in [3.05, 3.63) is 37.0 Å². The molecule has 0 aromatic rings. The Morgan fingerprint density at radius 3 is 2.42 bits per heavy atom. The summed E-state index contributed by atoms with van der Waals surface area (Å²) in [6, 6.07) is 0. The van der Waals surface area contributed by atoms with Gasteiger partial charge < -0.3 is 9.64 Å². The van der Waals surface area contributed by atoms with E-state index < -0.39 is 0 Å². The highest BCUT2D eigenvalue weighted by atomic mass is 16.5. The Kier molecular flexibility index (Phi) is 4.93. The zero-order valence-corrected chi connectivity index (χ0v) is 8.13. The zero-order valence-electron chi connectivity index (χ0n) is 8.13. The van der Waals surface area contributed by atoms with E-state index in [9.17, 15) is 0 Å². The van der Waals surface area contributed by atoms with E-state index in [1.165, 1.54) is 0 Å². The number of nitrogens with zero attached hydrogens (tertiary/aromatic N) is 1. The normalized spacial score (nSPS) is 9.92. The average molecular weight is 167 g/mol. The largest absolute Gasteiger partial charge is 0.463 e. The Morgan fingerprint density at radius 2 is 2.00 bits per heavy atom. The summed E-state index contributed by atoms with van der Waals surface area (Å²) in [6.45, 7) is 9.42. The first-order valence-electron chi connectivity index (χ1n) is 3.95. The first kappa shape index (κ1) is 10.8. The van der Waals surface area contributed by atoms with Gasteiger partial charge in [-0.25, -0.2) is 0 Å². The van der Waals surface area contributed by atoms with Crippen molar-refractivity contribution in [2.75, 3.05) is 14.1 Å². The fourth-order valence-corrected chi connectivity index (χ4v) is 0.524. The van der Waals surface area contributed by atoms with Gasteiger partial charge in [-0.1, -0.05) is 20.1 Å². The lowest BCUT2D eigenvalue weighted by atomic mass is 10.4. The molecule has 0 bridgehead atoms. The Labute approximate surface area is 74.8 Å². The molecular weight excluding hydrogens is 150 g/mol. The maximum atomic E-state index is 5.25. The van der Waals surface area contributed by atoms with E-state index in [1.807, 2.05) is 32.1 Å². The number of hydrogen-bond acceptors (Lipinski definition) is 2. The van der Waals surface area contributed by atoms with E-state index in [-0.39, 0.29) is 0 Å². The summed E-state index contributed by atoms with van der Waals surface area (Å²) < 4.78 is 5.25. The van der Waals surface area contributed by atoms with Gasteiger partial charge in [0.2, 0.25) is 0 Å². The van der Waals surface area contributed by atoms with Crippen molar-refractivity contribution in [3.8, 4) is 0 Å². The molecule has 0 radical (unpaired) electrons. The second-order valence-electron chi connectivity index (χ2n) is 2.74. The molecule has 0 saturated heterocycles. The summed E-state index contributed by atoms with van der Waals surface area (Å²) in [5, 5.41) is 0. The second kappa shape index (κ2) is 5.47. The van der Waals surface area contributed by atoms with E-state index >= 15 is 0 Å². The Bertz CT molecular complexity index is 192. The SMILES string of the molecule is C=C(/C=C\N(C)C)OC(=C)CC. The van der Waals surface area contributed by atoms with Crippen LogP contribution in [0.25, 0.3) is 0 Å². The van der Waals surface area contributed by atoms with Gasteiger partial charge in [0.15, 0.2) is 0 Å². The summed E-state index contributed by atoms with van der Waals surface area (Å²) in [7, 11) is 3.89. The number of allylic oxidation sites excluding steroid dienone is 2. The third-order valence-corrected chi connectivity index (χ3v) is 1.23. The van der Waals surface area contributed by atoms with Crippen LogP contribution in [0.1, 0.15) is 13.3 Å². The molecule has 0 heterocycles. The van der Waals surface area contributed by atoms with Crippen LogP contribution in [0.4, 0.5) is 0 Å². The smallest absolute Gasteiger partial charge is 0.121 e. The molecule has 68 valence electrons. The van der Waals surface area contributed by atoms with Crippen LogP contribution in [0, 0.1) is 0 Å². The molecule has 0 aliphatic rings. The van der Waals surface area contributed by atoms with E-state index in [0.29, 0.717) is 5.76 Å². The molecule has 0 aliphatic heterocycles. The van der Waals surface area contributed by atoms with Crippen LogP contribution in [-0.2, 0) is 4.74 Å². The summed E-state index contributed by atoms with van der Waals surface area (Å²) in [4.78, 5) is 1.92. The quantitative estimate of drug-likeness (QED) is 0.461. The molecular formula is C10H17NO. The molecule has 0 aromatic carbocycles. The summed E-state index contributed by atoms with van der Waals surface area (Å²) >= 11 is 0. The molecule has 0 amide bonds. The lowest BCUT2D eigenvalue weighted by Gasteiger charge is -2.07.